The topological polar surface area (TPSA) is 29.3 Å². The first kappa shape index (κ1) is 11.4. The lowest BCUT2D eigenvalue weighted by molar-refractivity contribution is 0.0380. The summed E-state index contributed by atoms with van der Waals surface area (Å²) in [5, 5.41) is 0. The zero-order valence-corrected chi connectivity index (χ0v) is 10.6. The number of nitrogens with zero attached hydrogens (tertiary/aromatic N) is 1. The molecule has 0 amide bonds. The van der Waals surface area contributed by atoms with Gasteiger partial charge in [0.15, 0.2) is 0 Å². The number of nitrogens with two attached hydrogens (primary N) is 1. The first-order valence-electron chi connectivity index (χ1n) is 6.45. The molecular formula is C13H26N2. The Kier molecular flexibility index (Phi) is 2.85. The van der Waals surface area contributed by atoms with E-state index in [2.05, 4.69) is 25.7 Å². The lowest BCUT2D eigenvalue weighted by Crippen LogP contribution is -2.52. The zero-order chi connectivity index (χ0) is 11.1. The van der Waals surface area contributed by atoms with Crippen LogP contribution in [0.2, 0.25) is 0 Å². The third-order valence-electron chi connectivity index (χ3n) is 4.68. The van der Waals surface area contributed by atoms with Gasteiger partial charge in [0, 0.05) is 11.6 Å². The molecule has 2 nitrogen and oxygen atoms in total. The average molecular weight is 210 g/mol. The van der Waals surface area contributed by atoms with Gasteiger partial charge in [-0.25, -0.2) is 0 Å². The van der Waals surface area contributed by atoms with Crippen molar-refractivity contribution >= 4 is 0 Å². The van der Waals surface area contributed by atoms with Gasteiger partial charge >= 0.3 is 0 Å². The molecule has 0 aromatic rings. The Morgan fingerprint density at radius 1 is 1.13 bits per heavy atom. The smallest absolute Gasteiger partial charge is 0.0125 e. The first-order chi connectivity index (χ1) is 6.94. The van der Waals surface area contributed by atoms with Gasteiger partial charge in [0.1, 0.15) is 0 Å². The molecule has 2 rings (SSSR count). The van der Waals surface area contributed by atoms with E-state index in [1.54, 1.807) is 0 Å². The van der Waals surface area contributed by atoms with Crippen LogP contribution in [0, 0.1) is 5.41 Å². The summed E-state index contributed by atoms with van der Waals surface area (Å²) < 4.78 is 0. The molecule has 1 heterocycles. The third-order valence-corrected chi connectivity index (χ3v) is 4.68. The molecular weight excluding hydrogens is 184 g/mol. The van der Waals surface area contributed by atoms with E-state index in [4.69, 9.17) is 5.73 Å². The van der Waals surface area contributed by atoms with E-state index in [0.29, 0.717) is 17.0 Å². The Balaban J connectivity index is 1.97. The molecule has 1 saturated heterocycles. The molecule has 0 bridgehead atoms. The van der Waals surface area contributed by atoms with E-state index in [0.717, 1.165) is 0 Å². The lowest BCUT2D eigenvalue weighted by atomic mass is 9.73. The Labute approximate surface area is 94.2 Å². The minimum Gasteiger partial charge on any atom is -0.327 e. The standard InChI is InChI=1S/C13H26N2/c1-12(2,3)15-9-7-13(8-10-15)6-4-5-11(13)14/h11H,4-10,14H2,1-3H3/t11-/m1/s1. The highest BCUT2D eigenvalue weighted by molar-refractivity contribution is 4.99. The quantitative estimate of drug-likeness (QED) is 0.665. The average Bonchev–Trinajstić information content (AvgIpc) is 2.48. The molecule has 0 radical (unpaired) electrons. The molecule has 2 N–H and O–H groups in total. The second kappa shape index (κ2) is 3.74. The number of rotatable bonds is 0. The van der Waals surface area contributed by atoms with Crippen molar-refractivity contribution in [3.8, 4) is 0 Å². The van der Waals surface area contributed by atoms with E-state index in [-0.39, 0.29) is 0 Å². The van der Waals surface area contributed by atoms with Gasteiger partial charge in [-0.2, -0.15) is 0 Å². The highest BCUT2D eigenvalue weighted by Crippen LogP contribution is 2.46. The van der Waals surface area contributed by atoms with Crippen LogP contribution in [-0.2, 0) is 0 Å². The molecule has 2 aliphatic rings. The van der Waals surface area contributed by atoms with Crippen molar-refractivity contribution in [3.05, 3.63) is 0 Å². The molecule has 0 aromatic heterocycles. The second-order valence-corrected chi connectivity index (χ2v) is 6.52. The Morgan fingerprint density at radius 3 is 2.13 bits per heavy atom. The minimum absolute atomic E-state index is 0.338. The van der Waals surface area contributed by atoms with Gasteiger partial charge < -0.3 is 5.73 Å². The molecule has 2 heteroatoms. The van der Waals surface area contributed by atoms with Gasteiger partial charge in [0.2, 0.25) is 0 Å². The SMILES string of the molecule is CC(C)(C)N1CCC2(CCC[C@H]2N)CC1. The van der Waals surface area contributed by atoms with Crippen LogP contribution in [0.1, 0.15) is 52.9 Å². The molecule has 1 aliphatic carbocycles. The van der Waals surface area contributed by atoms with E-state index in [9.17, 15) is 0 Å². The molecule has 1 saturated carbocycles. The van der Waals surface area contributed by atoms with Gasteiger partial charge in [-0.1, -0.05) is 6.42 Å². The van der Waals surface area contributed by atoms with Crippen LogP contribution in [0.15, 0.2) is 0 Å². The van der Waals surface area contributed by atoms with Crippen molar-refractivity contribution in [1.29, 1.82) is 0 Å². The van der Waals surface area contributed by atoms with Crippen LogP contribution in [0.4, 0.5) is 0 Å². The van der Waals surface area contributed by atoms with Gasteiger partial charge in [0.25, 0.3) is 0 Å². The van der Waals surface area contributed by atoms with Crippen molar-refractivity contribution < 1.29 is 0 Å². The van der Waals surface area contributed by atoms with Crippen molar-refractivity contribution in [1.82, 2.24) is 4.90 Å². The van der Waals surface area contributed by atoms with Crippen molar-refractivity contribution in [2.75, 3.05) is 13.1 Å². The molecule has 1 spiro atoms. The van der Waals surface area contributed by atoms with Crippen molar-refractivity contribution in [2.45, 2.75) is 64.5 Å². The first-order valence-corrected chi connectivity index (χ1v) is 6.45. The Bertz CT molecular complexity index is 221. The lowest BCUT2D eigenvalue weighted by Gasteiger charge is -2.47. The molecule has 0 unspecified atom stereocenters. The Hall–Kier alpha value is -0.0800. The highest BCUT2D eigenvalue weighted by Gasteiger charge is 2.43. The van der Waals surface area contributed by atoms with Crippen LogP contribution >= 0.6 is 0 Å². The summed E-state index contributed by atoms with van der Waals surface area (Å²) in [5.74, 6) is 0. The summed E-state index contributed by atoms with van der Waals surface area (Å²) in [6.45, 7) is 9.45. The van der Waals surface area contributed by atoms with Crippen LogP contribution in [0.3, 0.4) is 0 Å². The highest BCUT2D eigenvalue weighted by atomic mass is 15.2. The van der Waals surface area contributed by atoms with Gasteiger partial charge in [0.05, 0.1) is 0 Å². The van der Waals surface area contributed by atoms with Gasteiger partial charge in [-0.3, -0.25) is 4.90 Å². The van der Waals surface area contributed by atoms with E-state index in [1.807, 2.05) is 0 Å². The van der Waals surface area contributed by atoms with E-state index in [1.165, 1.54) is 45.2 Å². The second-order valence-electron chi connectivity index (χ2n) is 6.52. The fraction of sp³-hybridized carbons (Fsp3) is 1.00. The predicted octanol–water partition coefficient (Wildman–Crippen LogP) is 2.38. The summed E-state index contributed by atoms with van der Waals surface area (Å²) in [4.78, 5) is 2.61. The zero-order valence-electron chi connectivity index (χ0n) is 10.6. The number of piperidine rings is 1. The minimum atomic E-state index is 0.338. The van der Waals surface area contributed by atoms with Crippen LogP contribution < -0.4 is 5.73 Å². The fourth-order valence-corrected chi connectivity index (χ4v) is 3.41. The van der Waals surface area contributed by atoms with Crippen LogP contribution in [0.25, 0.3) is 0 Å². The number of hydrogen-bond donors (Lipinski definition) is 1. The molecule has 1 aliphatic heterocycles. The van der Waals surface area contributed by atoms with Gasteiger partial charge in [-0.15, -0.1) is 0 Å². The molecule has 1 atom stereocenters. The number of hydrogen-bond acceptors (Lipinski definition) is 2. The summed E-state index contributed by atoms with van der Waals surface area (Å²) in [7, 11) is 0. The van der Waals surface area contributed by atoms with E-state index >= 15 is 0 Å². The van der Waals surface area contributed by atoms with Crippen molar-refractivity contribution in [3.63, 3.8) is 0 Å². The predicted molar refractivity (Wildman–Crippen MR) is 64.8 cm³/mol. The fourth-order valence-electron chi connectivity index (χ4n) is 3.41. The molecule has 88 valence electrons. The normalized spacial score (nSPS) is 32.4. The van der Waals surface area contributed by atoms with Crippen LogP contribution in [0.5, 0.6) is 0 Å². The largest absolute Gasteiger partial charge is 0.327 e. The Morgan fingerprint density at radius 2 is 1.73 bits per heavy atom. The maximum Gasteiger partial charge on any atom is 0.0125 e. The molecule has 0 aromatic carbocycles. The summed E-state index contributed by atoms with van der Waals surface area (Å²) in [6.07, 6.45) is 6.65. The third kappa shape index (κ3) is 2.07. The molecule has 15 heavy (non-hydrogen) atoms. The monoisotopic (exact) mass is 210 g/mol. The van der Waals surface area contributed by atoms with Crippen molar-refractivity contribution in [2.24, 2.45) is 11.1 Å². The summed E-state index contributed by atoms with van der Waals surface area (Å²) in [5.41, 5.74) is 7.13. The number of likely N-dealkylation sites (tertiary alicyclic amines) is 1. The molecule has 2 fully saturated rings. The van der Waals surface area contributed by atoms with Crippen LogP contribution in [-0.4, -0.2) is 29.6 Å². The summed E-state index contributed by atoms with van der Waals surface area (Å²) in [6, 6.07) is 0.486. The maximum atomic E-state index is 6.28. The van der Waals surface area contributed by atoms with Gasteiger partial charge in [-0.05, 0) is 65.0 Å². The van der Waals surface area contributed by atoms with E-state index < -0.39 is 0 Å². The maximum absolute atomic E-state index is 6.28. The summed E-state index contributed by atoms with van der Waals surface area (Å²) >= 11 is 0.